The van der Waals surface area contributed by atoms with Crippen molar-refractivity contribution in [3.8, 4) is 5.75 Å². The van der Waals surface area contributed by atoms with Crippen LogP contribution in [0.1, 0.15) is 25.1 Å². The highest BCUT2D eigenvalue weighted by atomic mass is 16.5. The van der Waals surface area contributed by atoms with Gasteiger partial charge in [0, 0.05) is 20.3 Å². The Balaban J connectivity index is 2.63. The average molecular weight is 213 g/mol. The van der Waals surface area contributed by atoms with Crippen LogP contribution >= 0.6 is 0 Å². The van der Waals surface area contributed by atoms with Crippen LogP contribution in [-0.4, -0.2) is 30.1 Å². The van der Waals surface area contributed by atoms with Crippen molar-refractivity contribution in [2.45, 2.75) is 19.4 Å². The molecular formula is C10H19N3O2. The van der Waals surface area contributed by atoms with Crippen molar-refractivity contribution in [2.75, 3.05) is 20.3 Å². The number of methoxy groups -OCH3 is 1. The Bertz CT molecular complexity index is 299. The molecule has 5 nitrogen and oxygen atoms in total. The fourth-order valence-corrected chi connectivity index (χ4v) is 1.50. The Morgan fingerprint density at radius 2 is 2.33 bits per heavy atom. The van der Waals surface area contributed by atoms with Crippen LogP contribution in [0.15, 0.2) is 6.20 Å². The first kappa shape index (κ1) is 12.0. The molecule has 0 bridgehead atoms. The lowest BCUT2D eigenvalue weighted by Crippen LogP contribution is -2.17. The van der Waals surface area contributed by atoms with Gasteiger partial charge in [-0.1, -0.05) is 0 Å². The number of hydrogen-bond acceptors (Lipinski definition) is 4. The third-order valence-electron chi connectivity index (χ3n) is 2.30. The van der Waals surface area contributed by atoms with Crippen molar-refractivity contribution >= 4 is 0 Å². The van der Waals surface area contributed by atoms with E-state index in [0.717, 1.165) is 24.5 Å². The SMILES string of the molecule is CCOCCC(N)c1c(OC)cnn1C. The normalized spacial score (nSPS) is 12.8. The molecule has 1 aromatic rings. The lowest BCUT2D eigenvalue weighted by atomic mass is 10.1. The molecule has 1 atom stereocenters. The molecule has 2 N–H and O–H groups in total. The first-order valence-electron chi connectivity index (χ1n) is 5.09. The number of aromatic nitrogens is 2. The summed E-state index contributed by atoms with van der Waals surface area (Å²) in [5.74, 6) is 0.737. The fraction of sp³-hybridized carbons (Fsp3) is 0.700. The topological polar surface area (TPSA) is 62.3 Å². The van der Waals surface area contributed by atoms with Crippen molar-refractivity contribution in [1.29, 1.82) is 0 Å². The van der Waals surface area contributed by atoms with Crippen molar-refractivity contribution in [3.05, 3.63) is 11.9 Å². The first-order chi connectivity index (χ1) is 7.20. The number of ether oxygens (including phenoxy) is 2. The molecule has 0 radical (unpaired) electrons. The highest BCUT2D eigenvalue weighted by Crippen LogP contribution is 2.24. The van der Waals surface area contributed by atoms with Gasteiger partial charge >= 0.3 is 0 Å². The quantitative estimate of drug-likeness (QED) is 0.712. The summed E-state index contributed by atoms with van der Waals surface area (Å²) in [6, 6.07) is -0.0981. The Hall–Kier alpha value is -1.07. The minimum absolute atomic E-state index is 0.0981. The maximum atomic E-state index is 6.04. The Morgan fingerprint density at radius 3 is 2.93 bits per heavy atom. The van der Waals surface area contributed by atoms with Crippen LogP contribution in [0, 0.1) is 0 Å². The molecule has 15 heavy (non-hydrogen) atoms. The van der Waals surface area contributed by atoms with Crippen LogP contribution in [-0.2, 0) is 11.8 Å². The molecule has 0 aliphatic heterocycles. The van der Waals surface area contributed by atoms with Crippen molar-refractivity contribution in [2.24, 2.45) is 12.8 Å². The molecule has 0 aliphatic rings. The molecule has 0 amide bonds. The molecule has 0 saturated carbocycles. The summed E-state index contributed by atoms with van der Waals surface area (Å²) in [4.78, 5) is 0. The van der Waals surface area contributed by atoms with Crippen LogP contribution < -0.4 is 10.5 Å². The predicted octanol–water partition coefficient (Wildman–Crippen LogP) is 0.855. The predicted molar refractivity (Wildman–Crippen MR) is 57.8 cm³/mol. The molecule has 1 heterocycles. The van der Waals surface area contributed by atoms with Gasteiger partial charge < -0.3 is 15.2 Å². The van der Waals surface area contributed by atoms with E-state index in [1.807, 2.05) is 14.0 Å². The zero-order chi connectivity index (χ0) is 11.3. The van der Waals surface area contributed by atoms with Crippen LogP contribution in [0.2, 0.25) is 0 Å². The number of hydrogen-bond donors (Lipinski definition) is 1. The zero-order valence-electron chi connectivity index (χ0n) is 9.56. The molecule has 0 saturated heterocycles. The van der Waals surface area contributed by atoms with E-state index in [-0.39, 0.29) is 6.04 Å². The molecule has 5 heteroatoms. The maximum absolute atomic E-state index is 6.04. The standard InChI is InChI=1S/C10H19N3O2/c1-4-15-6-5-8(11)10-9(14-3)7-12-13(10)2/h7-8H,4-6,11H2,1-3H3. The van der Waals surface area contributed by atoms with E-state index in [4.69, 9.17) is 15.2 Å². The summed E-state index contributed by atoms with van der Waals surface area (Å²) in [7, 11) is 3.48. The Morgan fingerprint density at radius 1 is 1.60 bits per heavy atom. The largest absolute Gasteiger partial charge is 0.493 e. The number of aryl methyl sites for hydroxylation is 1. The van der Waals surface area contributed by atoms with E-state index in [9.17, 15) is 0 Å². The highest BCUT2D eigenvalue weighted by Gasteiger charge is 2.16. The monoisotopic (exact) mass is 213 g/mol. The Kier molecular flexibility index (Phi) is 4.58. The van der Waals surface area contributed by atoms with Crippen molar-refractivity contribution in [1.82, 2.24) is 9.78 Å². The van der Waals surface area contributed by atoms with Crippen LogP contribution in [0.3, 0.4) is 0 Å². The maximum Gasteiger partial charge on any atom is 0.161 e. The summed E-state index contributed by atoms with van der Waals surface area (Å²) < 4.78 is 12.2. The van der Waals surface area contributed by atoms with Crippen LogP contribution in [0.4, 0.5) is 0 Å². The van der Waals surface area contributed by atoms with Gasteiger partial charge in [0.15, 0.2) is 5.75 Å². The first-order valence-corrected chi connectivity index (χ1v) is 5.09. The van der Waals surface area contributed by atoms with E-state index in [0.29, 0.717) is 6.61 Å². The molecule has 0 aromatic carbocycles. The summed E-state index contributed by atoms with van der Waals surface area (Å²) in [6.45, 7) is 3.34. The average Bonchev–Trinajstić information content (AvgIpc) is 2.59. The Labute approximate surface area is 90.2 Å². The number of rotatable bonds is 6. The second-order valence-corrected chi connectivity index (χ2v) is 3.31. The van der Waals surface area contributed by atoms with Gasteiger partial charge in [-0.05, 0) is 13.3 Å². The van der Waals surface area contributed by atoms with Gasteiger partial charge in [-0.25, -0.2) is 0 Å². The summed E-state index contributed by atoms with van der Waals surface area (Å²) in [5, 5.41) is 4.11. The number of nitrogens with zero attached hydrogens (tertiary/aromatic N) is 2. The molecule has 1 aromatic heterocycles. The third kappa shape index (κ3) is 2.94. The molecule has 0 fully saturated rings. The fourth-order valence-electron chi connectivity index (χ4n) is 1.50. The van der Waals surface area contributed by atoms with E-state index in [1.54, 1.807) is 18.0 Å². The highest BCUT2D eigenvalue weighted by molar-refractivity contribution is 5.27. The molecule has 1 rings (SSSR count). The number of nitrogens with two attached hydrogens (primary N) is 1. The molecule has 0 aliphatic carbocycles. The molecule has 86 valence electrons. The minimum Gasteiger partial charge on any atom is -0.493 e. The summed E-state index contributed by atoms with van der Waals surface area (Å²) in [5.41, 5.74) is 6.95. The van der Waals surface area contributed by atoms with Crippen LogP contribution in [0.5, 0.6) is 5.75 Å². The van der Waals surface area contributed by atoms with Gasteiger partial charge in [0.1, 0.15) is 0 Å². The van der Waals surface area contributed by atoms with Crippen molar-refractivity contribution < 1.29 is 9.47 Å². The van der Waals surface area contributed by atoms with Crippen molar-refractivity contribution in [3.63, 3.8) is 0 Å². The van der Waals surface area contributed by atoms with Gasteiger partial charge in [0.25, 0.3) is 0 Å². The van der Waals surface area contributed by atoms with Gasteiger partial charge in [0.05, 0.1) is 25.0 Å². The second kappa shape index (κ2) is 5.72. The van der Waals surface area contributed by atoms with E-state index >= 15 is 0 Å². The second-order valence-electron chi connectivity index (χ2n) is 3.31. The van der Waals surface area contributed by atoms with Gasteiger partial charge in [-0.2, -0.15) is 5.10 Å². The van der Waals surface area contributed by atoms with E-state index < -0.39 is 0 Å². The molecule has 0 spiro atoms. The van der Waals surface area contributed by atoms with E-state index in [1.165, 1.54) is 0 Å². The van der Waals surface area contributed by atoms with Crippen LogP contribution in [0.25, 0.3) is 0 Å². The summed E-state index contributed by atoms with van der Waals surface area (Å²) >= 11 is 0. The van der Waals surface area contributed by atoms with Gasteiger partial charge in [0.2, 0.25) is 0 Å². The van der Waals surface area contributed by atoms with Gasteiger partial charge in [-0.3, -0.25) is 4.68 Å². The zero-order valence-corrected chi connectivity index (χ0v) is 9.56. The lowest BCUT2D eigenvalue weighted by molar-refractivity contribution is 0.139. The molecule has 1 unspecified atom stereocenters. The summed E-state index contributed by atoms with van der Waals surface area (Å²) in [6.07, 6.45) is 2.44. The smallest absolute Gasteiger partial charge is 0.161 e. The third-order valence-corrected chi connectivity index (χ3v) is 2.30. The minimum atomic E-state index is -0.0981. The molecular weight excluding hydrogens is 194 g/mol. The van der Waals surface area contributed by atoms with Gasteiger partial charge in [-0.15, -0.1) is 0 Å². The lowest BCUT2D eigenvalue weighted by Gasteiger charge is -2.13. The van der Waals surface area contributed by atoms with E-state index in [2.05, 4.69) is 5.10 Å².